The quantitative estimate of drug-likeness (QED) is 0.307. The largest absolute Gasteiger partial charge is 0.496 e. The van der Waals surface area contributed by atoms with E-state index >= 15 is 0 Å². The SMILES string of the molecule is COc1c(/C(C)=C/C(=O)N2CCN(c3cccc(C)c3)CC2)cc2c(-c3ccccc3)coc2c1C. The number of rotatable bonds is 5. The number of carbonyl (C=O) groups excluding carboxylic acids is 1. The normalized spacial score (nSPS) is 14.4. The predicted octanol–water partition coefficient (Wildman–Crippen LogP) is 6.48. The summed E-state index contributed by atoms with van der Waals surface area (Å²) in [5.74, 6) is 0.772. The Labute approximate surface area is 212 Å². The molecule has 1 aromatic heterocycles. The van der Waals surface area contributed by atoms with Crippen LogP contribution in [0.3, 0.4) is 0 Å². The van der Waals surface area contributed by atoms with E-state index in [1.54, 1.807) is 19.4 Å². The van der Waals surface area contributed by atoms with Crippen LogP contribution in [0.4, 0.5) is 5.69 Å². The molecule has 1 saturated heterocycles. The second-order valence-corrected chi connectivity index (χ2v) is 9.45. The molecule has 0 N–H and O–H groups in total. The maximum absolute atomic E-state index is 13.2. The van der Waals surface area contributed by atoms with Gasteiger partial charge in [0.15, 0.2) is 0 Å². The molecule has 5 nitrogen and oxygen atoms in total. The smallest absolute Gasteiger partial charge is 0.246 e. The summed E-state index contributed by atoms with van der Waals surface area (Å²) in [6, 6.07) is 20.8. The van der Waals surface area contributed by atoms with Crippen molar-refractivity contribution < 1.29 is 13.9 Å². The molecule has 4 aromatic rings. The molecule has 0 saturated carbocycles. The van der Waals surface area contributed by atoms with E-state index in [9.17, 15) is 4.79 Å². The molecule has 3 aromatic carbocycles. The number of fused-ring (bicyclic) bond motifs is 1. The summed E-state index contributed by atoms with van der Waals surface area (Å²) >= 11 is 0. The van der Waals surface area contributed by atoms with Crippen LogP contribution in [0.5, 0.6) is 5.75 Å². The number of piperazine rings is 1. The van der Waals surface area contributed by atoms with Gasteiger partial charge in [-0.15, -0.1) is 0 Å². The van der Waals surface area contributed by atoms with Crippen LogP contribution in [0.15, 0.2) is 77.4 Å². The highest BCUT2D eigenvalue weighted by Gasteiger charge is 2.22. The number of benzene rings is 3. The van der Waals surface area contributed by atoms with Crippen molar-refractivity contribution in [3.63, 3.8) is 0 Å². The van der Waals surface area contributed by atoms with Crippen molar-refractivity contribution in [1.29, 1.82) is 0 Å². The van der Waals surface area contributed by atoms with Crippen LogP contribution in [-0.4, -0.2) is 44.1 Å². The van der Waals surface area contributed by atoms with Crippen LogP contribution in [-0.2, 0) is 4.79 Å². The van der Waals surface area contributed by atoms with Crippen LogP contribution in [0.1, 0.15) is 23.6 Å². The third kappa shape index (κ3) is 4.49. The number of carbonyl (C=O) groups is 1. The zero-order valence-corrected chi connectivity index (χ0v) is 21.4. The number of ether oxygens (including phenoxy) is 1. The van der Waals surface area contributed by atoms with E-state index in [1.165, 1.54) is 11.3 Å². The maximum atomic E-state index is 13.2. The summed E-state index contributed by atoms with van der Waals surface area (Å²) in [5, 5.41) is 1.02. The Hall–Kier alpha value is -3.99. The average molecular weight is 481 g/mol. The Balaban J connectivity index is 1.41. The second kappa shape index (κ2) is 9.94. The number of anilines is 1. The van der Waals surface area contributed by atoms with Crippen molar-refractivity contribution in [2.24, 2.45) is 0 Å². The summed E-state index contributed by atoms with van der Waals surface area (Å²) in [7, 11) is 1.67. The number of allylic oxidation sites excluding steroid dienone is 1. The van der Waals surface area contributed by atoms with Gasteiger partial charge in [0, 0.05) is 60.0 Å². The molecule has 5 rings (SSSR count). The van der Waals surface area contributed by atoms with E-state index in [1.807, 2.05) is 36.9 Å². The van der Waals surface area contributed by atoms with Crippen molar-refractivity contribution in [2.45, 2.75) is 20.8 Å². The lowest BCUT2D eigenvalue weighted by Crippen LogP contribution is -2.48. The lowest BCUT2D eigenvalue weighted by atomic mass is 9.96. The minimum atomic E-state index is 0.0340. The summed E-state index contributed by atoms with van der Waals surface area (Å²) in [6.45, 7) is 9.14. The average Bonchev–Trinajstić information content (AvgIpc) is 3.33. The number of hydrogen-bond donors (Lipinski definition) is 0. The van der Waals surface area contributed by atoms with Crippen LogP contribution in [0.25, 0.3) is 27.7 Å². The van der Waals surface area contributed by atoms with Crippen molar-refractivity contribution >= 4 is 28.1 Å². The number of methoxy groups -OCH3 is 1. The van der Waals surface area contributed by atoms with E-state index in [-0.39, 0.29) is 5.91 Å². The molecule has 0 spiro atoms. The van der Waals surface area contributed by atoms with E-state index in [2.05, 4.69) is 54.3 Å². The molecule has 0 radical (unpaired) electrons. The molecular formula is C31H32N2O3. The molecule has 184 valence electrons. The molecule has 2 heterocycles. The molecule has 36 heavy (non-hydrogen) atoms. The van der Waals surface area contributed by atoms with Gasteiger partial charge in [0.1, 0.15) is 11.3 Å². The van der Waals surface area contributed by atoms with Crippen molar-refractivity contribution in [2.75, 3.05) is 38.2 Å². The number of furan rings is 1. The first-order valence-electron chi connectivity index (χ1n) is 12.4. The first-order chi connectivity index (χ1) is 17.5. The molecule has 1 amide bonds. The fraction of sp³-hybridized carbons (Fsp3) is 0.258. The topological polar surface area (TPSA) is 45.9 Å². The number of amides is 1. The second-order valence-electron chi connectivity index (χ2n) is 9.45. The molecule has 1 fully saturated rings. The highest BCUT2D eigenvalue weighted by Crippen LogP contribution is 2.40. The van der Waals surface area contributed by atoms with Gasteiger partial charge in [-0.25, -0.2) is 0 Å². The van der Waals surface area contributed by atoms with Gasteiger partial charge in [0.25, 0.3) is 0 Å². The van der Waals surface area contributed by atoms with Crippen LogP contribution in [0, 0.1) is 13.8 Å². The van der Waals surface area contributed by atoms with Gasteiger partial charge >= 0.3 is 0 Å². The minimum Gasteiger partial charge on any atom is -0.496 e. The third-order valence-electron chi connectivity index (χ3n) is 7.06. The Kier molecular flexibility index (Phi) is 6.55. The standard InChI is InChI=1S/C31H32N2O3/c1-21-9-8-12-25(17-21)32-13-15-33(16-14-32)29(34)18-22(2)26-19-27-28(24-10-6-5-7-11-24)20-36-31(27)23(3)30(26)35-4/h5-12,17-20H,13-16H2,1-4H3/b22-18+. The third-order valence-corrected chi connectivity index (χ3v) is 7.06. The van der Waals surface area contributed by atoms with Gasteiger partial charge < -0.3 is 19.0 Å². The van der Waals surface area contributed by atoms with E-state index < -0.39 is 0 Å². The first kappa shape index (κ1) is 23.7. The van der Waals surface area contributed by atoms with Gasteiger partial charge in [0.05, 0.1) is 13.4 Å². The zero-order chi connectivity index (χ0) is 25.2. The zero-order valence-electron chi connectivity index (χ0n) is 21.4. The molecular weight excluding hydrogens is 448 g/mol. The highest BCUT2D eigenvalue weighted by molar-refractivity contribution is 6.01. The first-order valence-corrected chi connectivity index (χ1v) is 12.4. The Morgan fingerprint density at radius 2 is 1.72 bits per heavy atom. The molecule has 0 unspecified atom stereocenters. The number of aryl methyl sites for hydroxylation is 2. The molecule has 1 aliphatic rings. The minimum absolute atomic E-state index is 0.0340. The lowest BCUT2D eigenvalue weighted by molar-refractivity contribution is -0.126. The van der Waals surface area contributed by atoms with Gasteiger partial charge in [0.2, 0.25) is 5.91 Å². The fourth-order valence-electron chi connectivity index (χ4n) is 5.08. The van der Waals surface area contributed by atoms with Gasteiger partial charge in [-0.05, 0) is 55.7 Å². The summed E-state index contributed by atoms with van der Waals surface area (Å²) in [5.41, 5.74) is 8.12. The number of nitrogens with zero attached hydrogens (tertiary/aromatic N) is 2. The Morgan fingerprint density at radius 3 is 2.42 bits per heavy atom. The fourth-order valence-corrected chi connectivity index (χ4v) is 5.08. The monoisotopic (exact) mass is 480 g/mol. The summed E-state index contributed by atoms with van der Waals surface area (Å²) in [4.78, 5) is 17.5. The molecule has 1 aliphatic heterocycles. The lowest BCUT2D eigenvalue weighted by Gasteiger charge is -2.36. The summed E-state index contributed by atoms with van der Waals surface area (Å²) in [6.07, 6.45) is 3.54. The van der Waals surface area contributed by atoms with Crippen LogP contribution in [0.2, 0.25) is 0 Å². The van der Waals surface area contributed by atoms with Crippen LogP contribution < -0.4 is 9.64 Å². The Morgan fingerprint density at radius 1 is 0.972 bits per heavy atom. The predicted molar refractivity (Wildman–Crippen MR) is 147 cm³/mol. The van der Waals surface area contributed by atoms with Crippen molar-refractivity contribution in [3.05, 3.63) is 89.7 Å². The maximum Gasteiger partial charge on any atom is 0.246 e. The van der Waals surface area contributed by atoms with E-state index in [4.69, 9.17) is 9.15 Å². The Bertz CT molecular complexity index is 1430. The summed E-state index contributed by atoms with van der Waals surface area (Å²) < 4.78 is 11.7. The number of hydrogen-bond acceptors (Lipinski definition) is 4. The molecule has 0 atom stereocenters. The van der Waals surface area contributed by atoms with Crippen molar-refractivity contribution in [1.82, 2.24) is 4.90 Å². The molecule has 0 bridgehead atoms. The van der Waals surface area contributed by atoms with Gasteiger partial charge in [-0.2, -0.15) is 0 Å². The van der Waals surface area contributed by atoms with Crippen LogP contribution >= 0.6 is 0 Å². The molecule has 0 aliphatic carbocycles. The highest BCUT2D eigenvalue weighted by atomic mass is 16.5. The van der Waals surface area contributed by atoms with E-state index in [0.29, 0.717) is 13.1 Å². The van der Waals surface area contributed by atoms with Crippen molar-refractivity contribution in [3.8, 4) is 16.9 Å². The van der Waals surface area contributed by atoms with Gasteiger partial charge in [-0.3, -0.25) is 4.79 Å². The van der Waals surface area contributed by atoms with Gasteiger partial charge in [-0.1, -0.05) is 42.5 Å². The molecule has 5 heteroatoms. The van der Waals surface area contributed by atoms with E-state index in [0.717, 1.165) is 57.6 Å².